The van der Waals surface area contributed by atoms with Crippen LogP contribution in [0.3, 0.4) is 0 Å². The zero-order valence-corrected chi connectivity index (χ0v) is 12.5. The molecule has 2 aromatic heterocycles. The maximum Gasteiger partial charge on any atom is 0.186 e. The monoisotopic (exact) mass is 299 g/mol. The molecule has 2 heterocycles. The highest BCUT2D eigenvalue weighted by Gasteiger charge is 2.08. The summed E-state index contributed by atoms with van der Waals surface area (Å²) in [5, 5.41) is 3.04. The second-order valence-corrected chi connectivity index (χ2v) is 5.04. The molecule has 22 heavy (non-hydrogen) atoms. The van der Waals surface area contributed by atoms with E-state index in [1.807, 2.05) is 37.5 Å². The summed E-state index contributed by atoms with van der Waals surface area (Å²) in [6.07, 6.45) is 4.65. The molecule has 5 nitrogen and oxygen atoms in total. The Bertz CT molecular complexity index is 768. The maximum atomic E-state index is 14.0. The Morgan fingerprint density at radius 1 is 1.18 bits per heavy atom. The molecule has 0 aliphatic heterocycles. The van der Waals surface area contributed by atoms with Gasteiger partial charge in [-0.25, -0.2) is 19.3 Å². The fourth-order valence-corrected chi connectivity index (χ4v) is 2.42. The Labute approximate surface area is 128 Å². The molecule has 0 bridgehead atoms. The van der Waals surface area contributed by atoms with Gasteiger partial charge in [0.25, 0.3) is 0 Å². The summed E-state index contributed by atoms with van der Waals surface area (Å²) >= 11 is 0. The van der Waals surface area contributed by atoms with Crippen LogP contribution >= 0.6 is 0 Å². The molecule has 1 N–H and O–H groups in total. The van der Waals surface area contributed by atoms with Crippen LogP contribution in [-0.2, 0) is 13.0 Å². The largest absolute Gasteiger partial charge is 0.367 e. The molecule has 3 rings (SSSR count). The van der Waals surface area contributed by atoms with E-state index >= 15 is 0 Å². The van der Waals surface area contributed by atoms with Crippen molar-refractivity contribution in [2.45, 2.75) is 26.3 Å². The number of hydrogen-bond acceptors (Lipinski definition) is 4. The van der Waals surface area contributed by atoms with Gasteiger partial charge in [0.1, 0.15) is 6.33 Å². The van der Waals surface area contributed by atoms with Crippen LogP contribution < -0.4 is 5.32 Å². The SMILES string of the molecule is CCc1ncnc(NCCCn2cnc3ccccc32)c1F. The molecule has 0 unspecified atom stereocenters. The fourth-order valence-electron chi connectivity index (χ4n) is 2.42. The lowest BCUT2D eigenvalue weighted by Gasteiger charge is -2.09. The molecule has 0 spiro atoms. The highest BCUT2D eigenvalue weighted by atomic mass is 19.1. The minimum Gasteiger partial charge on any atom is -0.367 e. The first kappa shape index (κ1) is 14.4. The van der Waals surface area contributed by atoms with E-state index in [9.17, 15) is 4.39 Å². The molecule has 3 aromatic rings. The summed E-state index contributed by atoms with van der Waals surface area (Å²) < 4.78 is 16.1. The predicted molar refractivity (Wildman–Crippen MR) is 84.2 cm³/mol. The van der Waals surface area contributed by atoms with E-state index in [4.69, 9.17) is 0 Å². The molecule has 0 aliphatic carbocycles. The minimum atomic E-state index is -0.349. The smallest absolute Gasteiger partial charge is 0.186 e. The van der Waals surface area contributed by atoms with Crippen LogP contribution in [0.1, 0.15) is 19.0 Å². The van der Waals surface area contributed by atoms with Gasteiger partial charge in [0, 0.05) is 13.1 Å². The first-order valence-corrected chi connectivity index (χ1v) is 7.42. The number of nitrogens with one attached hydrogen (secondary N) is 1. The van der Waals surface area contributed by atoms with Crippen LogP contribution in [0.4, 0.5) is 10.2 Å². The van der Waals surface area contributed by atoms with Crippen molar-refractivity contribution in [3.05, 3.63) is 48.4 Å². The second-order valence-electron chi connectivity index (χ2n) is 5.04. The summed E-state index contributed by atoms with van der Waals surface area (Å²) in [7, 11) is 0. The van der Waals surface area contributed by atoms with Crippen molar-refractivity contribution in [3.63, 3.8) is 0 Å². The molecule has 6 heteroatoms. The molecule has 0 amide bonds. The summed E-state index contributed by atoms with van der Waals surface area (Å²) in [5.74, 6) is -0.0691. The lowest BCUT2D eigenvalue weighted by Crippen LogP contribution is -2.10. The number of benzene rings is 1. The first-order valence-electron chi connectivity index (χ1n) is 7.42. The van der Waals surface area contributed by atoms with E-state index in [0.717, 1.165) is 24.0 Å². The van der Waals surface area contributed by atoms with Crippen molar-refractivity contribution in [1.29, 1.82) is 0 Å². The average molecular weight is 299 g/mol. The molecule has 0 saturated carbocycles. The van der Waals surface area contributed by atoms with E-state index in [-0.39, 0.29) is 11.6 Å². The van der Waals surface area contributed by atoms with E-state index in [0.29, 0.717) is 18.7 Å². The van der Waals surface area contributed by atoms with E-state index in [1.165, 1.54) is 6.33 Å². The third kappa shape index (κ3) is 2.90. The number of hydrogen-bond donors (Lipinski definition) is 1. The number of anilines is 1. The Balaban J connectivity index is 1.58. The van der Waals surface area contributed by atoms with Crippen molar-refractivity contribution < 1.29 is 4.39 Å². The zero-order chi connectivity index (χ0) is 15.4. The average Bonchev–Trinajstić information content (AvgIpc) is 2.96. The number of para-hydroxylation sites is 2. The second kappa shape index (κ2) is 6.51. The number of halogens is 1. The molecule has 0 fully saturated rings. The lowest BCUT2D eigenvalue weighted by molar-refractivity contribution is 0.594. The molecule has 0 aliphatic rings. The van der Waals surface area contributed by atoms with Crippen molar-refractivity contribution in [1.82, 2.24) is 19.5 Å². The third-order valence-electron chi connectivity index (χ3n) is 3.59. The molecular formula is C16H18FN5. The van der Waals surface area contributed by atoms with Crippen LogP contribution in [0.2, 0.25) is 0 Å². The van der Waals surface area contributed by atoms with Gasteiger partial charge in [-0.3, -0.25) is 0 Å². The topological polar surface area (TPSA) is 55.6 Å². The van der Waals surface area contributed by atoms with Crippen LogP contribution in [0.15, 0.2) is 36.9 Å². The van der Waals surface area contributed by atoms with E-state index in [1.54, 1.807) is 0 Å². The molecular weight excluding hydrogens is 281 g/mol. The van der Waals surface area contributed by atoms with Gasteiger partial charge >= 0.3 is 0 Å². The van der Waals surface area contributed by atoms with Crippen molar-refractivity contribution in [3.8, 4) is 0 Å². The number of imidazole rings is 1. The highest BCUT2D eigenvalue weighted by molar-refractivity contribution is 5.74. The number of aromatic nitrogens is 4. The van der Waals surface area contributed by atoms with Crippen LogP contribution in [0.25, 0.3) is 11.0 Å². The number of aryl methyl sites for hydroxylation is 2. The minimum absolute atomic E-state index is 0.280. The Morgan fingerprint density at radius 3 is 2.91 bits per heavy atom. The molecule has 1 aromatic carbocycles. The van der Waals surface area contributed by atoms with Gasteiger partial charge < -0.3 is 9.88 Å². The Hall–Kier alpha value is -2.50. The normalized spacial score (nSPS) is 11.0. The van der Waals surface area contributed by atoms with E-state index < -0.39 is 0 Å². The number of fused-ring (bicyclic) bond motifs is 1. The van der Waals surface area contributed by atoms with Crippen LogP contribution in [0, 0.1) is 5.82 Å². The van der Waals surface area contributed by atoms with Crippen molar-refractivity contribution in [2.75, 3.05) is 11.9 Å². The summed E-state index contributed by atoms with van der Waals surface area (Å²) in [5.41, 5.74) is 2.55. The fraction of sp³-hybridized carbons (Fsp3) is 0.312. The summed E-state index contributed by atoms with van der Waals surface area (Å²) in [6, 6.07) is 8.02. The summed E-state index contributed by atoms with van der Waals surface area (Å²) in [4.78, 5) is 12.2. The molecule has 114 valence electrons. The van der Waals surface area contributed by atoms with Gasteiger partial charge in [-0.2, -0.15) is 0 Å². The Kier molecular flexibility index (Phi) is 4.27. The number of nitrogens with zero attached hydrogens (tertiary/aromatic N) is 4. The van der Waals surface area contributed by atoms with Gasteiger partial charge in [-0.05, 0) is 25.0 Å². The standard InChI is InChI=1S/C16H18FN5/c1-2-12-15(17)16(20-10-19-12)18-8-5-9-22-11-21-13-6-3-4-7-14(13)22/h3-4,6-7,10-11H,2,5,8-9H2,1H3,(H,18,19,20). The van der Waals surface area contributed by atoms with Gasteiger partial charge in [-0.1, -0.05) is 19.1 Å². The van der Waals surface area contributed by atoms with Crippen LogP contribution in [-0.4, -0.2) is 26.1 Å². The molecule has 0 radical (unpaired) electrons. The first-order chi connectivity index (χ1) is 10.8. The third-order valence-corrected chi connectivity index (χ3v) is 3.59. The maximum absolute atomic E-state index is 14.0. The van der Waals surface area contributed by atoms with Gasteiger partial charge in [0.15, 0.2) is 11.6 Å². The van der Waals surface area contributed by atoms with Gasteiger partial charge in [-0.15, -0.1) is 0 Å². The van der Waals surface area contributed by atoms with Gasteiger partial charge in [0.2, 0.25) is 0 Å². The molecule has 0 saturated heterocycles. The summed E-state index contributed by atoms with van der Waals surface area (Å²) in [6.45, 7) is 3.34. The van der Waals surface area contributed by atoms with Crippen molar-refractivity contribution >= 4 is 16.9 Å². The number of rotatable bonds is 6. The Morgan fingerprint density at radius 2 is 2.05 bits per heavy atom. The van der Waals surface area contributed by atoms with Crippen molar-refractivity contribution in [2.24, 2.45) is 0 Å². The van der Waals surface area contributed by atoms with E-state index in [2.05, 4.69) is 24.8 Å². The van der Waals surface area contributed by atoms with Gasteiger partial charge in [0.05, 0.1) is 23.1 Å². The highest BCUT2D eigenvalue weighted by Crippen LogP contribution is 2.14. The quantitative estimate of drug-likeness (QED) is 0.711. The van der Waals surface area contributed by atoms with Crippen LogP contribution in [0.5, 0.6) is 0 Å². The zero-order valence-electron chi connectivity index (χ0n) is 12.5. The lowest BCUT2D eigenvalue weighted by atomic mass is 10.3. The molecule has 0 atom stereocenters. The predicted octanol–water partition coefficient (Wildman–Crippen LogP) is 3.03.